The van der Waals surface area contributed by atoms with Crippen LogP contribution >= 0.6 is 0 Å². The van der Waals surface area contributed by atoms with E-state index < -0.39 is 0 Å². The molecule has 3 heterocycles. The van der Waals surface area contributed by atoms with Crippen LogP contribution in [0.4, 0.5) is 11.5 Å². The monoisotopic (exact) mass is 433 g/mol. The van der Waals surface area contributed by atoms with E-state index in [4.69, 9.17) is 0 Å². The van der Waals surface area contributed by atoms with Gasteiger partial charge in [0.2, 0.25) is 11.8 Å². The Morgan fingerprint density at radius 1 is 1.06 bits per heavy atom. The van der Waals surface area contributed by atoms with Crippen molar-refractivity contribution in [2.24, 2.45) is 0 Å². The summed E-state index contributed by atoms with van der Waals surface area (Å²) in [5.41, 5.74) is 3.92. The van der Waals surface area contributed by atoms with Gasteiger partial charge in [-0.15, -0.1) is 0 Å². The summed E-state index contributed by atoms with van der Waals surface area (Å²) in [5.74, 6) is -0.00879. The summed E-state index contributed by atoms with van der Waals surface area (Å²) in [5, 5.41) is 8.64. The van der Waals surface area contributed by atoms with Gasteiger partial charge in [0.25, 0.3) is 11.9 Å². The van der Waals surface area contributed by atoms with Gasteiger partial charge in [0.05, 0.1) is 11.4 Å². The van der Waals surface area contributed by atoms with Gasteiger partial charge in [-0.2, -0.15) is 9.78 Å². The van der Waals surface area contributed by atoms with Crippen LogP contribution in [-0.2, 0) is 15.0 Å². The number of rotatable bonds is 4. The molecule has 0 aliphatic carbocycles. The molecule has 1 fully saturated rings. The predicted molar refractivity (Wildman–Crippen MR) is 117 cm³/mol. The lowest BCUT2D eigenvalue weighted by Crippen LogP contribution is -2.50. The number of amides is 3. The highest BCUT2D eigenvalue weighted by Gasteiger charge is 2.25. The van der Waals surface area contributed by atoms with E-state index in [2.05, 4.69) is 25.8 Å². The molecule has 0 saturated carbocycles. The zero-order chi connectivity index (χ0) is 22.9. The van der Waals surface area contributed by atoms with Crippen LogP contribution in [0.2, 0.25) is 0 Å². The number of anilines is 2. The molecule has 1 aromatic carbocycles. The third-order valence-corrected chi connectivity index (χ3v) is 4.90. The Hall–Kier alpha value is -4.08. The van der Waals surface area contributed by atoms with Crippen LogP contribution < -0.4 is 15.8 Å². The van der Waals surface area contributed by atoms with Gasteiger partial charge in [-0.3, -0.25) is 19.8 Å². The molecule has 0 bridgehead atoms. The lowest BCUT2D eigenvalue weighted by Gasteiger charge is -2.27. The molecular weight excluding hydrogens is 410 g/mol. The molecular formula is C22H23N7O3. The summed E-state index contributed by atoms with van der Waals surface area (Å²) in [4.78, 5) is 45.0. The number of hydrogen-bond acceptors (Lipinski definition) is 6. The summed E-state index contributed by atoms with van der Waals surface area (Å²) >= 11 is 0. The molecule has 0 radical (unpaired) electrons. The van der Waals surface area contributed by atoms with Crippen LogP contribution in [0.15, 0.2) is 48.8 Å². The molecule has 32 heavy (non-hydrogen) atoms. The Balaban J connectivity index is 1.58. The minimum atomic E-state index is -0.358. The Morgan fingerprint density at radius 2 is 1.75 bits per heavy atom. The normalized spacial score (nSPS) is 14.3. The lowest BCUT2D eigenvalue weighted by atomic mass is 9.92. The molecule has 164 valence electrons. The second kappa shape index (κ2) is 8.22. The molecule has 2 N–H and O–H groups in total. The molecule has 3 aromatic rings. The standard InChI is InChI=1S/C22H23N7O3/c1-22(2,3)16-13-17(29(26-16)21-23-11-4-12-24-21)25-20(32)14-5-7-15(8-6-14)28-19(31)10-9-18(30)27-28/h4-8,11-13H,9-10H2,1-3H3,(H,25,32)(H,27,30). The van der Waals surface area contributed by atoms with Crippen LogP contribution in [0, 0.1) is 0 Å². The maximum Gasteiger partial charge on any atom is 0.256 e. The maximum atomic E-state index is 12.9. The van der Waals surface area contributed by atoms with Crippen LogP contribution in [0.5, 0.6) is 0 Å². The number of nitrogens with zero attached hydrogens (tertiary/aromatic N) is 5. The summed E-state index contributed by atoms with van der Waals surface area (Å²) in [7, 11) is 0. The first-order valence-corrected chi connectivity index (χ1v) is 10.1. The third kappa shape index (κ3) is 4.34. The zero-order valence-electron chi connectivity index (χ0n) is 18.0. The van der Waals surface area contributed by atoms with Crippen molar-refractivity contribution in [1.82, 2.24) is 25.2 Å². The predicted octanol–water partition coefficient (Wildman–Crippen LogP) is 2.37. The molecule has 3 amide bonds. The van der Waals surface area contributed by atoms with E-state index >= 15 is 0 Å². The van der Waals surface area contributed by atoms with Crippen LogP contribution in [0.25, 0.3) is 5.95 Å². The second-order valence-electron chi connectivity index (χ2n) is 8.39. The van der Waals surface area contributed by atoms with Gasteiger partial charge in [-0.05, 0) is 30.3 Å². The van der Waals surface area contributed by atoms with Crippen molar-refractivity contribution in [3.8, 4) is 5.95 Å². The molecule has 4 rings (SSSR count). The topological polar surface area (TPSA) is 122 Å². The van der Waals surface area contributed by atoms with Gasteiger partial charge in [0, 0.05) is 42.3 Å². The number of hydrazine groups is 1. The molecule has 0 unspecified atom stereocenters. The fraction of sp³-hybridized carbons (Fsp3) is 0.273. The highest BCUT2D eigenvalue weighted by atomic mass is 16.2. The van der Waals surface area contributed by atoms with Crippen LogP contribution in [0.1, 0.15) is 49.7 Å². The van der Waals surface area contributed by atoms with Crippen molar-refractivity contribution in [1.29, 1.82) is 0 Å². The number of benzene rings is 1. The first-order chi connectivity index (χ1) is 15.2. The minimum Gasteiger partial charge on any atom is -0.306 e. The van der Waals surface area contributed by atoms with Crippen molar-refractivity contribution in [2.75, 3.05) is 10.3 Å². The number of carbonyl (C=O) groups is 3. The van der Waals surface area contributed by atoms with E-state index in [1.165, 1.54) is 9.69 Å². The van der Waals surface area contributed by atoms with E-state index in [9.17, 15) is 14.4 Å². The summed E-state index contributed by atoms with van der Waals surface area (Å²) in [6.07, 6.45) is 3.53. The fourth-order valence-corrected chi connectivity index (χ4v) is 3.12. The Bertz CT molecular complexity index is 1160. The lowest BCUT2D eigenvalue weighted by molar-refractivity contribution is -0.130. The molecule has 1 aliphatic rings. The van der Waals surface area contributed by atoms with Crippen molar-refractivity contribution in [3.63, 3.8) is 0 Å². The van der Waals surface area contributed by atoms with Crippen LogP contribution in [0.3, 0.4) is 0 Å². The van der Waals surface area contributed by atoms with Gasteiger partial charge in [0.15, 0.2) is 0 Å². The molecule has 10 nitrogen and oxygen atoms in total. The molecule has 1 saturated heterocycles. The van der Waals surface area contributed by atoms with E-state index in [0.29, 0.717) is 23.0 Å². The highest BCUT2D eigenvalue weighted by Crippen LogP contribution is 2.26. The van der Waals surface area contributed by atoms with Crippen molar-refractivity contribution in [3.05, 3.63) is 60.0 Å². The van der Waals surface area contributed by atoms with Crippen molar-refractivity contribution < 1.29 is 14.4 Å². The van der Waals surface area contributed by atoms with E-state index in [-0.39, 0.29) is 36.0 Å². The molecule has 0 spiro atoms. The Kier molecular flexibility index (Phi) is 5.43. The summed E-state index contributed by atoms with van der Waals surface area (Å²) in [6, 6.07) is 9.89. The fourth-order valence-electron chi connectivity index (χ4n) is 3.12. The highest BCUT2D eigenvalue weighted by molar-refractivity contribution is 6.05. The first kappa shape index (κ1) is 21.2. The molecule has 2 aromatic heterocycles. The maximum absolute atomic E-state index is 12.9. The van der Waals surface area contributed by atoms with Gasteiger partial charge in [-0.1, -0.05) is 20.8 Å². The van der Waals surface area contributed by atoms with Crippen molar-refractivity contribution in [2.45, 2.75) is 39.0 Å². The quantitative estimate of drug-likeness (QED) is 0.651. The number of aromatic nitrogens is 4. The molecule has 10 heteroatoms. The number of nitrogens with one attached hydrogen (secondary N) is 2. The largest absolute Gasteiger partial charge is 0.306 e. The molecule has 1 aliphatic heterocycles. The van der Waals surface area contributed by atoms with Gasteiger partial charge >= 0.3 is 0 Å². The smallest absolute Gasteiger partial charge is 0.256 e. The van der Waals surface area contributed by atoms with Gasteiger partial charge < -0.3 is 5.32 Å². The van der Waals surface area contributed by atoms with E-state index in [0.717, 1.165) is 5.69 Å². The molecule has 0 atom stereocenters. The number of carbonyl (C=O) groups excluding carboxylic acids is 3. The van der Waals surface area contributed by atoms with E-state index in [1.54, 1.807) is 48.8 Å². The zero-order valence-corrected chi connectivity index (χ0v) is 18.0. The third-order valence-electron chi connectivity index (χ3n) is 4.90. The van der Waals surface area contributed by atoms with Gasteiger partial charge in [0.1, 0.15) is 5.82 Å². The van der Waals surface area contributed by atoms with E-state index in [1.807, 2.05) is 20.8 Å². The average molecular weight is 433 g/mol. The summed E-state index contributed by atoms with van der Waals surface area (Å²) in [6.45, 7) is 6.07. The Morgan fingerprint density at radius 3 is 2.41 bits per heavy atom. The average Bonchev–Trinajstić information content (AvgIpc) is 3.20. The minimum absolute atomic E-state index is 0.149. The number of hydrogen-bond donors (Lipinski definition) is 2. The Labute approximate surface area is 184 Å². The van der Waals surface area contributed by atoms with Gasteiger partial charge in [-0.25, -0.2) is 15.0 Å². The van der Waals surface area contributed by atoms with Crippen molar-refractivity contribution >= 4 is 29.2 Å². The summed E-state index contributed by atoms with van der Waals surface area (Å²) < 4.78 is 1.49. The van der Waals surface area contributed by atoms with Crippen LogP contribution in [-0.4, -0.2) is 37.5 Å². The first-order valence-electron chi connectivity index (χ1n) is 10.1. The SMILES string of the molecule is CC(C)(C)c1cc(NC(=O)c2ccc(N3NC(=O)CCC3=O)cc2)n(-c2ncccn2)n1. The second-order valence-corrected chi connectivity index (χ2v) is 8.39.